The first-order valence-corrected chi connectivity index (χ1v) is 9.29. The standard InChI is InChI=1S/C20H22BrNO2/c21-18-14-17(16-8-4-3-5-9-16)10-11-19(18)24-15-20(23)22-12-6-1-2-7-13-22/h3-5,8-11,14H,1-2,6-7,12-13,15H2. The molecule has 24 heavy (non-hydrogen) atoms. The molecule has 1 amide bonds. The lowest BCUT2D eigenvalue weighted by Gasteiger charge is -2.20. The molecule has 2 aromatic carbocycles. The van der Waals surface area contributed by atoms with Crippen LogP contribution in [0.2, 0.25) is 0 Å². The minimum Gasteiger partial charge on any atom is -0.483 e. The SMILES string of the molecule is O=C(COc1ccc(-c2ccccc2)cc1Br)N1CCCCCC1. The van der Waals surface area contributed by atoms with Crippen LogP contribution >= 0.6 is 15.9 Å². The number of nitrogens with zero attached hydrogens (tertiary/aromatic N) is 1. The van der Waals surface area contributed by atoms with Crippen molar-refractivity contribution in [3.8, 4) is 16.9 Å². The number of likely N-dealkylation sites (tertiary alicyclic amines) is 1. The van der Waals surface area contributed by atoms with Crippen molar-refractivity contribution < 1.29 is 9.53 Å². The van der Waals surface area contributed by atoms with Crippen molar-refractivity contribution in [2.75, 3.05) is 19.7 Å². The molecule has 3 rings (SSSR count). The highest BCUT2D eigenvalue weighted by Gasteiger charge is 2.16. The van der Waals surface area contributed by atoms with Crippen molar-refractivity contribution in [2.45, 2.75) is 25.7 Å². The Morgan fingerprint density at radius 3 is 2.33 bits per heavy atom. The second kappa shape index (κ2) is 8.34. The van der Waals surface area contributed by atoms with E-state index in [-0.39, 0.29) is 12.5 Å². The van der Waals surface area contributed by atoms with Crippen LogP contribution in [0.1, 0.15) is 25.7 Å². The highest BCUT2D eigenvalue weighted by Crippen LogP contribution is 2.30. The van der Waals surface area contributed by atoms with Gasteiger partial charge in [0.25, 0.3) is 5.91 Å². The van der Waals surface area contributed by atoms with Crippen LogP contribution in [0.25, 0.3) is 11.1 Å². The summed E-state index contributed by atoms with van der Waals surface area (Å²) in [6.07, 6.45) is 4.64. The fourth-order valence-corrected chi connectivity index (χ4v) is 3.47. The molecule has 0 aromatic heterocycles. The quantitative estimate of drug-likeness (QED) is 0.746. The molecule has 1 heterocycles. The highest BCUT2D eigenvalue weighted by molar-refractivity contribution is 9.10. The smallest absolute Gasteiger partial charge is 0.260 e. The van der Waals surface area contributed by atoms with Crippen LogP contribution in [0.3, 0.4) is 0 Å². The Labute approximate surface area is 151 Å². The fourth-order valence-electron chi connectivity index (χ4n) is 2.98. The van der Waals surface area contributed by atoms with Gasteiger partial charge in [-0.2, -0.15) is 0 Å². The molecule has 126 valence electrons. The van der Waals surface area contributed by atoms with Gasteiger partial charge in [-0.3, -0.25) is 4.79 Å². The molecule has 0 N–H and O–H groups in total. The molecule has 1 aliphatic rings. The molecule has 0 unspecified atom stereocenters. The lowest BCUT2D eigenvalue weighted by Crippen LogP contribution is -2.35. The van der Waals surface area contributed by atoms with Gasteiger partial charge in [-0.15, -0.1) is 0 Å². The second-order valence-corrected chi connectivity index (χ2v) is 6.95. The zero-order chi connectivity index (χ0) is 16.8. The molecule has 4 heteroatoms. The Kier molecular flexibility index (Phi) is 5.91. The molecule has 0 aliphatic carbocycles. The van der Waals surface area contributed by atoms with Gasteiger partial charge in [-0.1, -0.05) is 49.2 Å². The summed E-state index contributed by atoms with van der Waals surface area (Å²) in [5.74, 6) is 0.786. The first kappa shape index (κ1) is 17.0. The monoisotopic (exact) mass is 387 g/mol. The van der Waals surface area contributed by atoms with Crippen LogP contribution in [-0.2, 0) is 4.79 Å². The maximum absolute atomic E-state index is 12.3. The number of benzene rings is 2. The van der Waals surface area contributed by atoms with Crippen LogP contribution in [0.5, 0.6) is 5.75 Å². The van der Waals surface area contributed by atoms with E-state index in [2.05, 4.69) is 28.1 Å². The molecule has 1 aliphatic heterocycles. The molecule has 1 saturated heterocycles. The van der Waals surface area contributed by atoms with Crippen LogP contribution in [0.4, 0.5) is 0 Å². The minimum atomic E-state index is 0.0796. The summed E-state index contributed by atoms with van der Waals surface area (Å²) in [6, 6.07) is 16.2. The number of carbonyl (C=O) groups excluding carboxylic acids is 1. The van der Waals surface area contributed by atoms with Gasteiger partial charge in [0.15, 0.2) is 6.61 Å². The number of rotatable bonds is 4. The fraction of sp³-hybridized carbons (Fsp3) is 0.350. The summed E-state index contributed by atoms with van der Waals surface area (Å²) >= 11 is 3.55. The van der Waals surface area contributed by atoms with Crippen molar-refractivity contribution >= 4 is 21.8 Å². The zero-order valence-corrected chi connectivity index (χ0v) is 15.3. The molecule has 1 fully saturated rings. The summed E-state index contributed by atoms with van der Waals surface area (Å²) in [6.45, 7) is 1.82. The summed E-state index contributed by atoms with van der Waals surface area (Å²) in [4.78, 5) is 14.2. The predicted octanol–water partition coefficient (Wildman–Crippen LogP) is 4.90. The average molecular weight is 388 g/mol. The van der Waals surface area contributed by atoms with Gasteiger partial charge in [0, 0.05) is 13.1 Å². The average Bonchev–Trinajstić information content (AvgIpc) is 2.90. The number of hydrogen-bond donors (Lipinski definition) is 0. The van der Waals surface area contributed by atoms with Crippen LogP contribution < -0.4 is 4.74 Å². The van der Waals surface area contributed by atoms with Gasteiger partial charge in [0.1, 0.15) is 5.75 Å². The Bertz CT molecular complexity index is 679. The van der Waals surface area contributed by atoms with E-state index in [9.17, 15) is 4.79 Å². The van der Waals surface area contributed by atoms with Gasteiger partial charge in [-0.05, 0) is 52.0 Å². The molecular weight excluding hydrogens is 366 g/mol. The molecule has 0 saturated carbocycles. The Morgan fingerprint density at radius 2 is 1.67 bits per heavy atom. The molecule has 0 bridgehead atoms. The lowest BCUT2D eigenvalue weighted by atomic mass is 10.1. The van der Waals surface area contributed by atoms with E-state index >= 15 is 0 Å². The molecule has 0 spiro atoms. The third-order valence-electron chi connectivity index (χ3n) is 4.35. The first-order valence-electron chi connectivity index (χ1n) is 8.49. The van der Waals surface area contributed by atoms with E-state index < -0.39 is 0 Å². The van der Waals surface area contributed by atoms with E-state index in [1.165, 1.54) is 12.8 Å². The Balaban J connectivity index is 1.62. The van der Waals surface area contributed by atoms with E-state index in [1.54, 1.807) is 0 Å². The Morgan fingerprint density at radius 1 is 0.958 bits per heavy atom. The summed E-state index contributed by atoms with van der Waals surface area (Å²) < 4.78 is 6.61. The summed E-state index contributed by atoms with van der Waals surface area (Å²) in [7, 11) is 0. The second-order valence-electron chi connectivity index (χ2n) is 6.09. The lowest BCUT2D eigenvalue weighted by molar-refractivity contribution is -0.133. The van der Waals surface area contributed by atoms with Gasteiger partial charge in [0.05, 0.1) is 4.47 Å². The van der Waals surface area contributed by atoms with Gasteiger partial charge >= 0.3 is 0 Å². The van der Waals surface area contributed by atoms with Crippen molar-refractivity contribution in [3.63, 3.8) is 0 Å². The number of hydrogen-bond acceptors (Lipinski definition) is 2. The molecule has 0 radical (unpaired) electrons. The molecule has 0 atom stereocenters. The van der Waals surface area contributed by atoms with Gasteiger partial charge in [-0.25, -0.2) is 0 Å². The zero-order valence-electron chi connectivity index (χ0n) is 13.7. The van der Waals surface area contributed by atoms with Crippen molar-refractivity contribution in [1.82, 2.24) is 4.90 Å². The van der Waals surface area contributed by atoms with Crippen LogP contribution in [-0.4, -0.2) is 30.5 Å². The normalized spacial score (nSPS) is 15.0. The minimum absolute atomic E-state index is 0.0796. The van der Waals surface area contributed by atoms with Crippen LogP contribution in [0, 0.1) is 0 Å². The maximum atomic E-state index is 12.3. The number of ether oxygens (including phenoxy) is 1. The van der Waals surface area contributed by atoms with Crippen molar-refractivity contribution in [3.05, 3.63) is 53.0 Å². The first-order chi connectivity index (χ1) is 11.7. The van der Waals surface area contributed by atoms with E-state index in [0.29, 0.717) is 5.75 Å². The number of amides is 1. The largest absolute Gasteiger partial charge is 0.483 e. The number of carbonyl (C=O) groups is 1. The van der Waals surface area contributed by atoms with Crippen LogP contribution in [0.15, 0.2) is 53.0 Å². The van der Waals surface area contributed by atoms with Crippen molar-refractivity contribution in [2.24, 2.45) is 0 Å². The van der Waals surface area contributed by atoms with E-state index in [4.69, 9.17) is 4.74 Å². The predicted molar refractivity (Wildman–Crippen MR) is 100 cm³/mol. The summed E-state index contributed by atoms with van der Waals surface area (Å²) in [5.41, 5.74) is 2.28. The molecule has 2 aromatic rings. The molecular formula is C20H22BrNO2. The third-order valence-corrected chi connectivity index (χ3v) is 4.97. The van der Waals surface area contributed by atoms with E-state index in [0.717, 1.165) is 41.5 Å². The topological polar surface area (TPSA) is 29.5 Å². The number of halogens is 1. The Hall–Kier alpha value is -1.81. The van der Waals surface area contributed by atoms with Gasteiger partial charge < -0.3 is 9.64 Å². The maximum Gasteiger partial charge on any atom is 0.260 e. The van der Waals surface area contributed by atoms with Crippen molar-refractivity contribution in [1.29, 1.82) is 0 Å². The molecule has 3 nitrogen and oxygen atoms in total. The third kappa shape index (κ3) is 4.38. The van der Waals surface area contributed by atoms with Gasteiger partial charge in [0.2, 0.25) is 0 Å². The highest BCUT2D eigenvalue weighted by atomic mass is 79.9. The van der Waals surface area contributed by atoms with E-state index in [1.807, 2.05) is 41.3 Å². The summed E-state index contributed by atoms with van der Waals surface area (Å²) in [5, 5.41) is 0.